The fourth-order valence-corrected chi connectivity index (χ4v) is 4.07. The number of hydrogen-bond acceptors (Lipinski definition) is 3. The molecule has 0 fully saturated rings. The predicted molar refractivity (Wildman–Crippen MR) is 133 cm³/mol. The molecule has 5 heterocycles. The Morgan fingerprint density at radius 3 is 1.76 bits per heavy atom. The van der Waals surface area contributed by atoms with Crippen LogP contribution in [0.3, 0.4) is 0 Å². The Hall–Kier alpha value is -4.71. The summed E-state index contributed by atoms with van der Waals surface area (Å²) in [6.45, 7) is 0. The van der Waals surface area contributed by atoms with Crippen LogP contribution in [0, 0.1) is 0 Å². The summed E-state index contributed by atoms with van der Waals surface area (Å²) < 4.78 is 0. The Morgan fingerprint density at radius 1 is 0.636 bits per heavy atom. The van der Waals surface area contributed by atoms with Crippen LogP contribution in [0.25, 0.3) is 57.5 Å². The van der Waals surface area contributed by atoms with E-state index in [2.05, 4.69) is 16.0 Å². The zero-order valence-electron chi connectivity index (χ0n) is 17.5. The average Bonchev–Trinajstić information content (AvgIpc) is 3.59. The lowest BCUT2D eigenvalue weighted by atomic mass is 10.0. The molecule has 0 radical (unpaired) electrons. The third kappa shape index (κ3) is 3.74. The molecule has 3 aromatic heterocycles. The van der Waals surface area contributed by atoms with Crippen LogP contribution in [0.1, 0.15) is 33.1 Å². The number of rotatable bonds is 2. The number of benzene rings is 1. The van der Waals surface area contributed by atoms with E-state index in [-0.39, 0.29) is 0 Å². The molecule has 158 valence electrons. The van der Waals surface area contributed by atoms with Crippen molar-refractivity contribution >= 4 is 52.3 Å². The van der Waals surface area contributed by atoms with Crippen LogP contribution >= 0.6 is 0 Å². The van der Waals surface area contributed by atoms with Crippen molar-refractivity contribution in [2.45, 2.75) is 0 Å². The van der Waals surface area contributed by atoms with Gasteiger partial charge in [-0.05, 0) is 84.5 Å². The van der Waals surface area contributed by atoms with E-state index < -0.39 is 5.91 Å². The Kier molecular flexibility index (Phi) is 4.30. The van der Waals surface area contributed by atoms with Crippen molar-refractivity contribution < 1.29 is 4.79 Å². The summed E-state index contributed by atoms with van der Waals surface area (Å²) in [5.41, 5.74) is 15.1. The van der Waals surface area contributed by atoms with Crippen molar-refractivity contribution in [1.29, 1.82) is 0 Å². The first-order chi connectivity index (χ1) is 16.1. The maximum Gasteiger partial charge on any atom is 0.248 e. The highest BCUT2D eigenvalue weighted by Crippen LogP contribution is 2.28. The fourth-order valence-electron chi connectivity index (χ4n) is 4.07. The van der Waals surface area contributed by atoms with Crippen LogP contribution < -0.4 is 5.73 Å². The minimum Gasteiger partial charge on any atom is -0.366 e. The predicted octanol–water partition coefficient (Wildman–Crippen LogP) is 5.42. The van der Waals surface area contributed by atoms with Gasteiger partial charge in [0.2, 0.25) is 5.91 Å². The summed E-state index contributed by atoms with van der Waals surface area (Å²) in [6, 6.07) is 21.5. The van der Waals surface area contributed by atoms with E-state index in [9.17, 15) is 4.79 Å². The lowest BCUT2D eigenvalue weighted by Gasteiger charge is -2.00. The molecule has 0 saturated carbocycles. The van der Waals surface area contributed by atoms with Gasteiger partial charge in [-0.15, -0.1) is 0 Å². The van der Waals surface area contributed by atoms with Crippen LogP contribution in [0.15, 0.2) is 66.7 Å². The van der Waals surface area contributed by atoms with Gasteiger partial charge in [0.25, 0.3) is 0 Å². The van der Waals surface area contributed by atoms with Gasteiger partial charge in [0.15, 0.2) is 0 Å². The summed E-state index contributed by atoms with van der Waals surface area (Å²) in [4.78, 5) is 27.8. The number of nitrogens with zero attached hydrogens (tertiary/aromatic N) is 2. The van der Waals surface area contributed by atoms with Crippen molar-refractivity contribution in [2.75, 3.05) is 0 Å². The first kappa shape index (κ1) is 19.0. The molecule has 2 aliphatic rings. The summed E-state index contributed by atoms with van der Waals surface area (Å²) in [5.74, 6) is -0.442. The zero-order chi connectivity index (χ0) is 22.4. The molecule has 33 heavy (non-hydrogen) atoms. The van der Waals surface area contributed by atoms with Gasteiger partial charge in [0.05, 0.1) is 22.8 Å². The first-order valence-electron chi connectivity index (χ1n) is 10.6. The molecule has 0 atom stereocenters. The standard InChI is InChI=1S/C27H19N5O/c28-27(33)17-3-1-16(2-4-17)25-14-24-13-22-8-7-20(30-22)11-18-5-6-19(29-18)12-21-9-10-23(31-21)15-26(25)32-24/h1-15,29,32H,(H2,28,33). The molecule has 6 nitrogen and oxygen atoms in total. The Labute approximate surface area is 189 Å². The number of amides is 1. The minimum atomic E-state index is -0.442. The lowest BCUT2D eigenvalue weighted by molar-refractivity contribution is 0.100. The van der Waals surface area contributed by atoms with Gasteiger partial charge in [-0.2, -0.15) is 0 Å². The summed E-state index contributed by atoms with van der Waals surface area (Å²) in [6.07, 6.45) is 7.99. The van der Waals surface area contributed by atoms with Gasteiger partial charge in [0, 0.05) is 33.2 Å². The number of fused-ring (bicyclic) bond motifs is 8. The molecular formula is C27H19N5O. The van der Waals surface area contributed by atoms with E-state index in [1.807, 2.05) is 72.8 Å². The molecule has 6 heteroatoms. The Bertz CT molecular complexity index is 1630. The SMILES string of the molecule is NC(=O)c1ccc(-c2cc3cc4nc(cc5ccc(cc6nc(cc2[nH]3)C=C6)[nH]5)C=C4)cc1. The third-order valence-electron chi connectivity index (χ3n) is 5.65. The number of primary amides is 1. The molecule has 8 bridgehead atoms. The van der Waals surface area contributed by atoms with Gasteiger partial charge in [0.1, 0.15) is 0 Å². The lowest BCUT2D eigenvalue weighted by Crippen LogP contribution is -2.10. The Morgan fingerprint density at radius 2 is 1.18 bits per heavy atom. The molecule has 6 rings (SSSR count). The van der Waals surface area contributed by atoms with E-state index in [0.717, 1.165) is 56.0 Å². The molecule has 0 aliphatic carbocycles. The van der Waals surface area contributed by atoms with Crippen LogP contribution in [-0.2, 0) is 0 Å². The molecular weight excluding hydrogens is 410 g/mol. The summed E-state index contributed by atoms with van der Waals surface area (Å²) in [5, 5.41) is 0. The summed E-state index contributed by atoms with van der Waals surface area (Å²) >= 11 is 0. The number of H-pyrrole nitrogens is 2. The average molecular weight is 429 g/mol. The van der Waals surface area contributed by atoms with E-state index in [0.29, 0.717) is 5.56 Å². The number of nitrogens with two attached hydrogens (primary N) is 1. The highest BCUT2D eigenvalue weighted by atomic mass is 16.1. The smallest absolute Gasteiger partial charge is 0.248 e. The number of aromatic amines is 2. The van der Waals surface area contributed by atoms with Crippen LogP contribution in [0.5, 0.6) is 0 Å². The number of nitrogens with one attached hydrogen (secondary N) is 2. The zero-order valence-corrected chi connectivity index (χ0v) is 17.5. The van der Waals surface area contributed by atoms with E-state index in [1.54, 1.807) is 12.1 Å². The van der Waals surface area contributed by atoms with Crippen molar-refractivity contribution in [3.63, 3.8) is 0 Å². The monoisotopic (exact) mass is 429 g/mol. The van der Waals surface area contributed by atoms with E-state index in [4.69, 9.17) is 15.7 Å². The fraction of sp³-hybridized carbons (Fsp3) is 0. The number of carbonyl (C=O) groups excluding carboxylic acids is 1. The second-order valence-electron chi connectivity index (χ2n) is 8.03. The van der Waals surface area contributed by atoms with Crippen molar-refractivity contribution in [2.24, 2.45) is 5.73 Å². The van der Waals surface area contributed by atoms with Crippen LogP contribution in [0.4, 0.5) is 0 Å². The number of aromatic nitrogens is 4. The normalized spacial score (nSPS) is 12.2. The van der Waals surface area contributed by atoms with Gasteiger partial charge in [-0.3, -0.25) is 4.79 Å². The second kappa shape index (κ2) is 7.46. The molecule has 1 aromatic carbocycles. The summed E-state index contributed by atoms with van der Waals surface area (Å²) in [7, 11) is 0. The second-order valence-corrected chi connectivity index (χ2v) is 8.03. The van der Waals surface area contributed by atoms with Gasteiger partial charge < -0.3 is 15.7 Å². The molecule has 2 aliphatic heterocycles. The molecule has 4 aromatic rings. The molecule has 0 unspecified atom stereocenters. The minimum absolute atomic E-state index is 0.442. The maximum absolute atomic E-state index is 11.5. The van der Waals surface area contributed by atoms with Crippen molar-refractivity contribution in [1.82, 2.24) is 19.9 Å². The molecule has 0 spiro atoms. The number of hydrogen-bond donors (Lipinski definition) is 3. The van der Waals surface area contributed by atoms with Crippen LogP contribution in [-0.4, -0.2) is 25.8 Å². The van der Waals surface area contributed by atoms with Crippen molar-refractivity contribution in [3.8, 4) is 11.1 Å². The first-order valence-corrected chi connectivity index (χ1v) is 10.6. The topological polar surface area (TPSA) is 100 Å². The largest absolute Gasteiger partial charge is 0.366 e. The van der Waals surface area contributed by atoms with Gasteiger partial charge >= 0.3 is 0 Å². The highest BCUT2D eigenvalue weighted by Gasteiger charge is 2.08. The molecule has 0 saturated heterocycles. The third-order valence-corrected chi connectivity index (χ3v) is 5.65. The quantitative estimate of drug-likeness (QED) is 0.342. The maximum atomic E-state index is 11.5. The highest BCUT2D eigenvalue weighted by molar-refractivity contribution is 5.94. The van der Waals surface area contributed by atoms with Gasteiger partial charge in [-0.25, -0.2) is 9.97 Å². The van der Waals surface area contributed by atoms with Crippen LogP contribution in [0.2, 0.25) is 0 Å². The van der Waals surface area contributed by atoms with Crippen molar-refractivity contribution in [3.05, 3.63) is 95.1 Å². The molecule has 1 amide bonds. The van der Waals surface area contributed by atoms with E-state index in [1.165, 1.54) is 0 Å². The number of carbonyl (C=O) groups is 1. The molecule has 4 N–H and O–H groups in total. The van der Waals surface area contributed by atoms with E-state index >= 15 is 0 Å². The Balaban J connectivity index is 1.62. The van der Waals surface area contributed by atoms with Gasteiger partial charge in [-0.1, -0.05) is 12.1 Å².